The molecule has 0 bridgehead atoms. The van der Waals surface area contributed by atoms with Crippen molar-refractivity contribution < 1.29 is 28.7 Å². The van der Waals surface area contributed by atoms with Crippen molar-refractivity contribution in [3.05, 3.63) is 94.5 Å². The Kier molecular flexibility index (Phi) is 8.28. The van der Waals surface area contributed by atoms with Gasteiger partial charge in [-0.25, -0.2) is 4.39 Å². The highest BCUT2D eigenvalue weighted by Crippen LogP contribution is 2.52. The second-order valence-electron chi connectivity index (χ2n) is 10.9. The largest absolute Gasteiger partial charge is 0.511 e. The van der Waals surface area contributed by atoms with Gasteiger partial charge in [-0.1, -0.05) is 61.5 Å². The molecule has 1 aliphatic carbocycles. The van der Waals surface area contributed by atoms with Crippen LogP contribution in [0.5, 0.6) is 0 Å². The molecule has 1 aromatic heterocycles. The Morgan fingerprint density at radius 3 is 2.51 bits per heavy atom. The van der Waals surface area contributed by atoms with E-state index in [0.29, 0.717) is 48.6 Å². The summed E-state index contributed by atoms with van der Waals surface area (Å²) < 4.78 is 27.0. The van der Waals surface area contributed by atoms with Crippen LogP contribution in [0.4, 0.5) is 4.39 Å². The molecule has 2 aromatic carbocycles. The molecule has 1 aliphatic heterocycles. The van der Waals surface area contributed by atoms with Crippen LogP contribution in [0, 0.1) is 11.7 Å². The number of aliphatic hydroxyl groups is 2. The van der Waals surface area contributed by atoms with Crippen molar-refractivity contribution in [3.8, 4) is 11.1 Å². The van der Waals surface area contributed by atoms with Crippen molar-refractivity contribution in [1.29, 1.82) is 0 Å². The number of aliphatic hydroxyl groups excluding tert-OH is 2. The first-order valence-corrected chi connectivity index (χ1v) is 14.0. The Bertz CT molecular complexity index is 1470. The number of rotatable bonds is 8. The zero-order valence-electron chi connectivity index (χ0n) is 23.6. The highest BCUT2D eigenvalue weighted by atomic mass is 19.1. The molecule has 3 aromatic rings. The number of morpholine rings is 1. The van der Waals surface area contributed by atoms with Crippen LogP contribution in [-0.4, -0.2) is 59.0 Å². The third-order valence-electron chi connectivity index (χ3n) is 8.09. The Labute approximate surface area is 239 Å². The number of nitrogens with zero attached hydrogens (tertiary/aromatic N) is 2. The Morgan fingerprint density at radius 1 is 1.12 bits per heavy atom. The molecule has 3 N–H and O–H groups in total. The minimum absolute atomic E-state index is 0.00930. The number of carbonyl (C=O) groups is 1. The van der Waals surface area contributed by atoms with Gasteiger partial charge in [-0.05, 0) is 36.5 Å². The van der Waals surface area contributed by atoms with Crippen molar-refractivity contribution in [2.75, 3.05) is 32.8 Å². The van der Waals surface area contributed by atoms with Gasteiger partial charge in [-0.15, -0.1) is 0 Å². The van der Waals surface area contributed by atoms with Gasteiger partial charge in [0.25, 0.3) is 5.91 Å². The quantitative estimate of drug-likeness (QED) is 0.320. The van der Waals surface area contributed by atoms with E-state index in [1.807, 2.05) is 44.2 Å². The van der Waals surface area contributed by atoms with Gasteiger partial charge in [0.05, 0.1) is 24.2 Å². The molecule has 1 saturated heterocycles. The maximum atomic E-state index is 15.6. The zero-order chi connectivity index (χ0) is 29.1. The molecule has 1 atom stereocenters. The number of carbonyl (C=O) groups excluding carboxylic acids is 1. The molecular formula is C32H36FN3O5. The first-order chi connectivity index (χ1) is 19.8. The zero-order valence-corrected chi connectivity index (χ0v) is 23.6. The highest BCUT2D eigenvalue weighted by molar-refractivity contribution is 5.99. The molecule has 1 unspecified atom stereocenters. The van der Waals surface area contributed by atoms with E-state index in [1.165, 1.54) is 12.1 Å². The van der Waals surface area contributed by atoms with E-state index < -0.39 is 17.1 Å². The summed E-state index contributed by atoms with van der Waals surface area (Å²) >= 11 is 0. The van der Waals surface area contributed by atoms with Gasteiger partial charge in [0.15, 0.2) is 11.5 Å². The second kappa shape index (κ2) is 11.9. The Hall–Kier alpha value is -3.95. The molecule has 8 nitrogen and oxygen atoms in total. The fourth-order valence-electron chi connectivity index (χ4n) is 5.75. The topological polar surface area (TPSA) is 108 Å². The van der Waals surface area contributed by atoms with Gasteiger partial charge in [0, 0.05) is 43.4 Å². The van der Waals surface area contributed by atoms with E-state index in [0.717, 1.165) is 18.7 Å². The number of aromatic nitrogens is 1. The smallest absolute Gasteiger partial charge is 0.274 e. The van der Waals surface area contributed by atoms with Gasteiger partial charge in [0.2, 0.25) is 0 Å². The average molecular weight is 562 g/mol. The maximum Gasteiger partial charge on any atom is 0.274 e. The molecule has 0 spiro atoms. The number of benzene rings is 2. The molecule has 0 saturated carbocycles. The minimum Gasteiger partial charge on any atom is -0.511 e. The van der Waals surface area contributed by atoms with Gasteiger partial charge >= 0.3 is 0 Å². The van der Waals surface area contributed by atoms with Gasteiger partial charge in [-0.2, -0.15) is 0 Å². The van der Waals surface area contributed by atoms with Gasteiger partial charge in [0.1, 0.15) is 17.3 Å². The predicted octanol–water partition coefficient (Wildman–Crippen LogP) is 5.77. The van der Waals surface area contributed by atoms with Crippen LogP contribution in [0.2, 0.25) is 0 Å². The van der Waals surface area contributed by atoms with E-state index in [4.69, 9.17) is 9.26 Å². The number of hydrogen-bond acceptors (Lipinski definition) is 7. The Balaban J connectivity index is 1.64. The predicted molar refractivity (Wildman–Crippen MR) is 154 cm³/mol. The molecule has 2 heterocycles. The van der Waals surface area contributed by atoms with Crippen LogP contribution in [0.25, 0.3) is 16.7 Å². The molecule has 0 radical (unpaired) electrons. The molecule has 41 heavy (non-hydrogen) atoms. The summed E-state index contributed by atoms with van der Waals surface area (Å²) in [7, 11) is 0. The number of ether oxygens (including phenoxy) is 1. The first-order valence-electron chi connectivity index (χ1n) is 14.0. The molecular weight excluding hydrogens is 525 g/mol. The normalized spacial score (nSPS) is 19.9. The lowest BCUT2D eigenvalue weighted by Crippen LogP contribution is -2.37. The monoisotopic (exact) mass is 561 g/mol. The molecule has 9 heteroatoms. The molecule has 216 valence electrons. The minimum atomic E-state index is -1.19. The van der Waals surface area contributed by atoms with Gasteiger partial charge in [-0.3, -0.25) is 9.69 Å². The van der Waals surface area contributed by atoms with Crippen molar-refractivity contribution in [2.24, 2.45) is 5.92 Å². The summed E-state index contributed by atoms with van der Waals surface area (Å²) in [6.07, 6.45) is 1.51. The molecule has 2 aliphatic rings. The average Bonchev–Trinajstić information content (AvgIpc) is 3.41. The number of nitrogens with one attached hydrogen (secondary N) is 1. The molecule has 1 amide bonds. The number of halogens is 1. The summed E-state index contributed by atoms with van der Waals surface area (Å²) in [5, 5.41) is 29.3. The van der Waals surface area contributed by atoms with Crippen molar-refractivity contribution in [1.82, 2.24) is 15.4 Å². The Morgan fingerprint density at radius 2 is 1.85 bits per heavy atom. The number of hydrogen-bond donors (Lipinski definition) is 3. The summed E-state index contributed by atoms with van der Waals surface area (Å²) in [5.41, 5.74) is 1.50. The summed E-state index contributed by atoms with van der Waals surface area (Å²) in [6.45, 7) is 9.14. The van der Waals surface area contributed by atoms with Crippen molar-refractivity contribution in [2.45, 2.75) is 39.2 Å². The lowest BCUT2D eigenvalue weighted by Gasteiger charge is -2.38. The highest BCUT2D eigenvalue weighted by Gasteiger charge is 2.49. The van der Waals surface area contributed by atoms with Gasteiger partial charge < -0.3 is 24.8 Å². The van der Waals surface area contributed by atoms with E-state index in [-0.39, 0.29) is 35.3 Å². The third-order valence-corrected chi connectivity index (χ3v) is 8.09. The SMILES string of the molecule is CCNC(=O)c1noc(C2(C(C)C)CC(c3ccccc3)=C(O)C=C2O)c1-c1ccc(CN2CCOCC2)c(F)c1. The lowest BCUT2D eigenvalue weighted by molar-refractivity contribution is 0.0337. The van der Waals surface area contributed by atoms with Crippen LogP contribution in [0.1, 0.15) is 54.6 Å². The van der Waals surface area contributed by atoms with E-state index in [9.17, 15) is 15.0 Å². The lowest BCUT2D eigenvalue weighted by atomic mass is 9.64. The van der Waals surface area contributed by atoms with Crippen molar-refractivity contribution in [3.63, 3.8) is 0 Å². The third kappa shape index (κ3) is 5.39. The van der Waals surface area contributed by atoms with Crippen LogP contribution in [0.15, 0.2) is 70.6 Å². The number of allylic oxidation sites excluding steroid dienone is 3. The van der Waals surface area contributed by atoms with E-state index in [1.54, 1.807) is 19.1 Å². The van der Waals surface area contributed by atoms with E-state index >= 15 is 4.39 Å². The first kappa shape index (κ1) is 28.6. The van der Waals surface area contributed by atoms with Crippen LogP contribution in [0.3, 0.4) is 0 Å². The molecule has 5 rings (SSSR count). The second-order valence-corrected chi connectivity index (χ2v) is 10.9. The summed E-state index contributed by atoms with van der Waals surface area (Å²) in [5.74, 6) is -1.06. The molecule has 1 fully saturated rings. The maximum absolute atomic E-state index is 15.6. The van der Waals surface area contributed by atoms with Crippen LogP contribution in [-0.2, 0) is 16.7 Å². The van der Waals surface area contributed by atoms with Crippen LogP contribution < -0.4 is 5.32 Å². The number of amides is 1. The summed E-state index contributed by atoms with van der Waals surface area (Å²) in [6, 6.07) is 14.3. The fraction of sp³-hybridized carbons (Fsp3) is 0.375. The van der Waals surface area contributed by atoms with Crippen molar-refractivity contribution >= 4 is 11.5 Å². The fourth-order valence-corrected chi connectivity index (χ4v) is 5.75. The van der Waals surface area contributed by atoms with E-state index in [2.05, 4.69) is 15.4 Å². The van der Waals surface area contributed by atoms with Crippen LogP contribution >= 0.6 is 0 Å². The standard InChI is InChI=1S/C32H36FN3O5/c1-4-34-31(39)29-28(22-10-11-23(25(33)16-22)19-36-12-14-40-15-13-36)30(41-35-29)32(20(2)3)18-24(26(37)17-27(32)38)21-8-6-5-7-9-21/h5-11,16-17,20,37-38H,4,12-15,18-19H2,1-3H3,(H,34,39). The summed E-state index contributed by atoms with van der Waals surface area (Å²) in [4.78, 5) is 15.3.